The molecule has 0 fully saturated rings. The monoisotopic (exact) mass is 152 g/mol. The van der Waals surface area contributed by atoms with E-state index >= 15 is 0 Å². The van der Waals surface area contributed by atoms with Gasteiger partial charge in [0.25, 0.3) is 0 Å². The Labute approximate surface area is 68.5 Å². The Morgan fingerprint density at radius 2 is 2.27 bits per heavy atom. The molecule has 0 spiro atoms. The highest BCUT2D eigenvalue weighted by Crippen LogP contribution is 2.07. The molecule has 0 saturated carbocycles. The molecule has 1 rings (SSSR count). The van der Waals surface area contributed by atoms with Gasteiger partial charge in [0, 0.05) is 12.5 Å². The molecule has 3 N–H and O–H groups in total. The van der Waals surface area contributed by atoms with Crippen LogP contribution in [0.15, 0.2) is 0 Å². The van der Waals surface area contributed by atoms with E-state index in [1.807, 2.05) is 7.05 Å². The highest BCUT2D eigenvalue weighted by atomic mass is 14.9. The molecule has 0 radical (unpaired) electrons. The number of nitrogens with one attached hydrogen (secondary N) is 1. The first kappa shape index (κ1) is 8.58. The largest absolute Gasteiger partial charge is 0.316 e. The molecule has 0 amide bonds. The summed E-state index contributed by atoms with van der Waals surface area (Å²) in [5.74, 6) is 6.14. The van der Waals surface area contributed by atoms with Gasteiger partial charge in [0.05, 0.1) is 6.04 Å². The van der Waals surface area contributed by atoms with Crippen molar-refractivity contribution >= 4 is 0 Å². The molecule has 0 bridgehead atoms. The second-order valence-corrected chi connectivity index (χ2v) is 2.99. The topological polar surface area (TPSA) is 38.0 Å². The molecular weight excluding hydrogens is 136 g/mol. The van der Waals surface area contributed by atoms with Crippen LogP contribution >= 0.6 is 0 Å². The zero-order chi connectivity index (χ0) is 8.10. The molecule has 11 heavy (non-hydrogen) atoms. The highest BCUT2D eigenvalue weighted by molar-refractivity contribution is 5.11. The third-order valence-corrected chi connectivity index (χ3v) is 2.14. The van der Waals surface area contributed by atoms with Crippen molar-refractivity contribution in [2.24, 2.45) is 5.73 Å². The number of hydrogen-bond acceptors (Lipinski definition) is 2. The lowest BCUT2D eigenvalue weighted by Gasteiger charge is -2.20. The van der Waals surface area contributed by atoms with Crippen molar-refractivity contribution in [1.82, 2.24) is 5.32 Å². The maximum atomic E-state index is 5.82. The Balaban J connectivity index is 2.53. The molecule has 1 aliphatic carbocycles. The lowest BCUT2D eigenvalue weighted by molar-refractivity contribution is 0.461. The van der Waals surface area contributed by atoms with Crippen LogP contribution in [0.1, 0.15) is 25.7 Å². The Hall–Kier alpha value is -0.520. The zero-order valence-electron chi connectivity index (χ0n) is 7.06. The molecule has 62 valence electrons. The van der Waals surface area contributed by atoms with Crippen molar-refractivity contribution in [1.29, 1.82) is 0 Å². The maximum Gasteiger partial charge on any atom is 0.0819 e. The van der Waals surface area contributed by atoms with Crippen molar-refractivity contribution in [3.05, 3.63) is 0 Å². The van der Waals surface area contributed by atoms with Crippen LogP contribution in [0.4, 0.5) is 0 Å². The van der Waals surface area contributed by atoms with Crippen LogP contribution in [-0.4, -0.2) is 19.1 Å². The van der Waals surface area contributed by atoms with Gasteiger partial charge in [-0.3, -0.25) is 0 Å². The van der Waals surface area contributed by atoms with E-state index in [2.05, 4.69) is 17.2 Å². The molecular formula is C9H16N2. The molecule has 0 aliphatic heterocycles. The van der Waals surface area contributed by atoms with Crippen molar-refractivity contribution in [2.45, 2.75) is 37.8 Å². The predicted molar refractivity (Wildman–Crippen MR) is 47.1 cm³/mol. The summed E-state index contributed by atoms with van der Waals surface area (Å²) in [5.41, 5.74) is 5.82. The van der Waals surface area contributed by atoms with Gasteiger partial charge in [-0.05, 0) is 19.9 Å². The van der Waals surface area contributed by atoms with Crippen LogP contribution in [-0.2, 0) is 0 Å². The summed E-state index contributed by atoms with van der Waals surface area (Å²) in [6.45, 7) is 0. The van der Waals surface area contributed by atoms with E-state index in [0.717, 1.165) is 12.8 Å². The van der Waals surface area contributed by atoms with E-state index < -0.39 is 0 Å². The molecule has 2 heteroatoms. The van der Waals surface area contributed by atoms with Crippen LogP contribution in [0.5, 0.6) is 0 Å². The van der Waals surface area contributed by atoms with E-state index in [0.29, 0.717) is 6.04 Å². The lowest BCUT2D eigenvalue weighted by atomic mass is 9.99. The minimum Gasteiger partial charge on any atom is -0.316 e. The Morgan fingerprint density at radius 1 is 1.45 bits per heavy atom. The standard InChI is InChI=1S/C9H16N2/c1-11-9-7-5-3-2-4-6-8(9)10/h8-9,11H,2-3,5,7,10H2,1H3/t8?,9-/m0/s1. The normalized spacial score (nSPS) is 31.5. The molecule has 2 atom stereocenters. The molecule has 0 aromatic rings. The van der Waals surface area contributed by atoms with Gasteiger partial charge in [-0.1, -0.05) is 12.3 Å². The zero-order valence-corrected chi connectivity index (χ0v) is 7.06. The summed E-state index contributed by atoms with van der Waals surface area (Å²) >= 11 is 0. The third-order valence-electron chi connectivity index (χ3n) is 2.14. The number of likely N-dealkylation sites (N-methyl/N-ethyl adjacent to an activating group) is 1. The molecule has 0 aromatic carbocycles. The van der Waals surface area contributed by atoms with Crippen LogP contribution in [0, 0.1) is 11.8 Å². The maximum absolute atomic E-state index is 5.82. The van der Waals surface area contributed by atoms with Gasteiger partial charge in [-0.25, -0.2) is 0 Å². The first-order chi connectivity index (χ1) is 5.34. The van der Waals surface area contributed by atoms with Gasteiger partial charge in [0.15, 0.2) is 0 Å². The van der Waals surface area contributed by atoms with Gasteiger partial charge in [0.1, 0.15) is 0 Å². The minimum absolute atomic E-state index is 0.0281. The summed E-state index contributed by atoms with van der Waals surface area (Å²) < 4.78 is 0. The van der Waals surface area contributed by atoms with Crippen LogP contribution in [0.3, 0.4) is 0 Å². The average Bonchev–Trinajstić information content (AvgIpc) is 1.98. The fourth-order valence-corrected chi connectivity index (χ4v) is 1.37. The second kappa shape index (κ2) is 4.38. The smallest absolute Gasteiger partial charge is 0.0819 e. The molecule has 1 aliphatic rings. The van der Waals surface area contributed by atoms with Gasteiger partial charge < -0.3 is 11.1 Å². The van der Waals surface area contributed by atoms with Crippen molar-refractivity contribution in [2.75, 3.05) is 7.05 Å². The molecule has 0 saturated heterocycles. The molecule has 0 aromatic heterocycles. The van der Waals surface area contributed by atoms with E-state index in [9.17, 15) is 0 Å². The fourth-order valence-electron chi connectivity index (χ4n) is 1.37. The van der Waals surface area contributed by atoms with Crippen molar-refractivity contribution in [3.8, 4) is 11.8 Å². The third kappa shape index (κ3) is 2.53. The predicted octanol–water partition coefficient (Wildman–Crippen LogP) is 0.479. The molecule has 2 nitrogen and oxygen atoms in total. The average molecular weight is 152 g/mol. The summed E-state index contributed by atoms with van der Waals surface area (Å²) in [7, 11) is 1.95. The highest BCUT2D eigenvalue weighted by Gasteiger charge is 2.13. The number of nitrogens with two attached hydrogens (primary N) is 1. The van der Waals surface area contributed by atoms with Gasteiger partial charge >= 0.3 is 0 Å². The summed E-state index contributed by atoms with van der Waals surface area (Å²) in [6.07, 6.45) is 4.64. The quantitative estimate of drug-likeness (QED) is 0.536. The van der Waals surface area contributed by atoms with E-state index in [1.54, 1.807) is 0 Å². The molecule has 0 heterocycles. The number of hydrogen-bond donors (Lipinski definition) is 2. The van der Waals surface area contributed by atoms with E-state index in [-0.39, 0.29) is 6.04 Å². The minimum atomic E-state index is 0.0281. The van der Waals surface area contributed by atoms with E-state index in [4.69, 9.17) is 5.73 Å². The first-order valence-corrected chi connectivity index (χ1v) is 4.26. The number of rotatable bonds is 1. The van der Waals surface area contributed by atoms with Crippen LogP contribution in [0.25, 0.3) is 0 Å². The summed E-state index contributed by atoms with van der Waals surface area (Å²) in [4.78, 5) is 0. The van der Waals surface area contributed by atoms with Gasteiger partial charge in [-0.2, -0.15) is 0 Å². The Morgan fingerprint density at radius 3 is 3.00 bits per heavy atom. The molecule has 1 unspecified atom stereocenters. The summed E-state index contributed by atoms with van der Waals surface area (Å²) in [5, 5.41) is 3.19. The summed E-state index contributed by atoms with van der Waals surface area (Å²) in [6, 6.07) is 0.420. The van der Waals surface area contributed by atoms with E-state index in [1.165, 1.54) is 12.8 Å². The second-order valence-electron chi connectivity index (χ2n) is 2.99. The lowest BCUT2D eigenvalue weighted by Crippen LogP contribution is -2.42. The SMILES string of the molecule is CN[C@H]1CCCCC#CC1N. The Kier molecular flexibility index (Phi) is 3.41. The first-order valence-electron chi connectivity index (χ1n) is 4.26. The van der Waals surface area contributed by atoms with Crippen LogP contribution in [0.2, 0.25) is 0 Å². The Bertz CT molecular complexity index is 166. The van der Waals surface area contributed by atoms with Gasteiger partial charge in [-0.15, -0.1) is 5.92 Å². The van der Waals surface area contributed by atoms with Crippen molar-refractivity contribution in [3.63, 3.8) is 0 Å². The van der Waals surface area contributed by atoms with Crippen LogP contribution < -0.4 is 11.1 Å². The van der Waals surface area contributed by atoms with Crippen molar-refractivity contribution < 1.29 is 0 Å². The fraction of sp³-hybridized carbons (Fsp3) is 0.778. The van der Waals surface area contributed by atoms with Gasteiger partial charge in [0.2, 0.25) is 0 Å².